The molecule has 0 aliphatic rings. The van der Waals surface area contributed by atoms with Crippen LogP contribution in [-0.4, -0.2) is 4.98 Å². The number of halogens is 1. The molecule has 0 aliphatic heterocycles. The van der Waals surface area contributed by atoms with E-state index in [4.69, 9.17) is 5.73 Å². The van der Waals surface area contributed by atoms with Crippen molar-refractivity contribution in [1.82, 2.24) is 4.98 Å². The molecule has 0 aliphatic carbocycles. The van der Waals surface area contributed by atoms with E-state index in [1.165, 1.54) is 12.1 Å². The summed E-state index contributed by atoms with van der Waals surface area (Å²) in [6, 6.07) is 9.68. The molecule has 2 aromatic rings. The Hall–Kier alpha value is -1.74. The van der Waals surface area contributed by atoms with Crippen LogP contribution >= 0.6 is 0 Å². The van der Waals surface area contributed by atoms with Crippen LogP contribution in [0.2, 0.25) is 0 Å². The molecule has 1 aromatic heterocycles. The van der Waals surface area contributed by atoms with Gasteiger partial charge in [-0.15, -0.1) is 0 Å². The zero-order valence-electron chi connectivity index (χ0n) is 8.10. The first-order chi connectivity index (χ1) is 7.27. The minimum absolute atomic E-state index is 0.251. The van der Waals surface area contributed by atoms with Gasteiger partial charge in [0.05, 0.1) is 6.04 Å². The molecule has 2 rings (SSSR count). The Morgan fingerprint density at radius 3 is 2.40 bits per heavy atom. The number of rotatable bonds is 2. The lowest BCUT2D eigenvalue weighted by Crippen LogP contribution is -2.11. The SMILES string of the molecule is N[C@@H](c1ccc(F)cc1)c1cccnc1. The molecule has 0 saturated heterocycles. The number of nitrogens with zero attached hydrogens (tertiary/aromatic N) is 1. The third-order valence-corrected chi connectivity index (χ3v) is 2.27. The lowest BCUT2D eigenvalue weighted by molar-refractivity contribution is 0.626. The van der Waals surface area contributed by atoms with Crippen molar-refractivity contribution in [2.45, 2.75) is 6.04 Å². The highest BCUT2D eigenvalue weighted by molar-refractivity contribution is 5.29. The van der Waals surface area contributed by atoms with Gasteiger partial charge in [-0.05, 0) is 29.3 Å². The molecule has 2 nitrogen and oxygen atoms in total. The van der Waals surface area contributed by atoms with Crippen LogP contribution in [0.15, 0.2) is 48.8 Å². The van der Waals surface area contributed by atoms with Crippen LogP contribution in [0.5, 0.6) is 0 Å². The van der Waals surface area contributed by atoms with Crippen LogP contribution < -0.4 is 5.73 Å². The number of aromatic nitrogens is 1. The van der Waals surface area contributed by atoms with Crippen molar-refractivity contribution in [2.75, 3.05) is 0 Å². The summed E-state index contributed by atoms with van der Waals surface area (Å²) in [6.07, 6.45) is 3.41. The van der Waals surface area contributed by atoms with E-state index in [1.54, 1.807) is 24.5 Å². The summed E-state index contributed by atoms with van der Waals surface area (Å²) in [7, 11) is 0. The van der Waals surface area contributed by atoms with E-state index in [-0.39, 0.29) is 11.9 Å². The smallest absolute Gasteiger partial charge is 0.123 e. The van der Waals surface area contributed by atoms with Gasteiger partial charge in [-0.3, -0.25) is 4.98 Å². The molecular weight excluding hydrogens is 191 g/mol. The van der Waals surface area contributed by atoms with Gasteiger partial charge in [0, 0.05) is 12.4 Å². The van der Waals surface area contributed by atoms with Crippen molar-refractivity contribution in [3.05, 3.63) is 65.7 Å². The van der Waals surface area contributed by atoms with Gasteiger partial charge >= 0.3 is 0 Å². The molecule has 0 amide bonds. The van der Waals surface area contributed by atoms with Crippen LogP contribution in [-0.2, 0) is 0 Å². The molecule has 0 fully saturated rings. The number of nitrogens with two attached hydrogens (primary N) is 1. The monoisotopic (exact) mass is 202 g/mol. The van der Waals surface area contributed by atoms with Gasteiger partial charge in [0.1, 0.15) is 5.82 Å². The van der Waals surface area contributed by atoms with Crippen molar-refractivity contribution >= 4 is 0 Å². The molecule has 1 aromatic carbocycles. The van der Waals surface area contributed by atoms with E-state index in [0.29, 0.717) is 0 Å². The first kappa shape index (κ1) is 9.80. The zero-order valence-corrected chi connectivity index (χ0v) is 8.10. The van der Waals surface area contributed by atoms with Crippen LogP contribution in [0.3, 0.4) is 0 Å². The third-order valence-electron chi connectivity index (χ3n) is 2.27. The molecule has 76 valence electrons. The lowest BCUT2D eigenvalue weighted by Gasteiger charge is -2.11. The number of hydrogen-bond acceptors (Lipinski definition) is 2. The summed E-state index contributed by atoms with van der Waals surface area (Å²) < 4.78 is 12.7. The quantitative estimate of drug-likeness (QED) is 0.811. The van der Waals surface area contributed by atoms with Crippen LogP contribution in [0.25, 0.3) is 0 Å². The molecule has 0 saturated carbocycles. The van der Waals surface area contributed by atoms with Gasteiger partial charge in [-0.25, -0.2) is 4.39 Å². The number of hydrogen-bond donors (Lipinski definition) is 1. The summed E-state index contributed by atoms with van der Waals surface area (Å²) in [5, 5.41) is 0. The molecule has 1 atom stereocenters. The Morgan fingerprint density at radius 1 is 1.07 bits per heavy atom. The van der Waals surface area contributed by atoms with Gasteiger partial charge in [-0.2, -0.15) is 0 Å². The second-order valence-corrected chi connectivity index (χ2v) is 3.32. The molecule has 1 heterocycles. The van der Waals surface area contributed by atoms with Crippen LogP contribution in [0.4, 0.5) is 4.39 Å². The summed E-state index contributed by atoms with van der Waals surface area (Å²) >= 11 is 0. The molecule has 0 unspecified atom stereocenters. The van der Waals surface area contributed by atoms with Crippen molar-refractivity contribution in [3.8, 4) is 0 Å². The van der Waals surface area contributed by atoms with Gasteiger partial charge in [-0.1, -0.05) is 18.2 Å². The Kier molecular flexibility index (Phi) is 2.74. The highest BCUT2D eigenvalue weighted by atomic mass is 19.1. The van der Waals surface area contributed by atoms with E-state index in [0.717, 1.165) is 11.1 Å². The van der Waals surface area contributed by atoms with Gasteiger partial charge in [0.2, 0.25) is 0 Å². The maximum Gasteiger partial charge on any atom is 0.123 e. The molecular formula is C12H11FN2. The standard InChI is InChI=1S/C12H11FN2/c13-11-5-3-9(4-6-11)12(14)10-2-1-7-15-8-10/h1-8,12H,14H2/t12-/m0/s1. The van der Waals surface area contributed by atoms with Crippen LogP contribution in [0.1, 0.15) is 17.2 Å². The Morgan fingerprint density at radius 2 is 1.80 bits per heavy atom. The van der Waals surface area contributed by atoms with Gasteiger partial charge in [0.15, 0.2) is 0 Å². The summed E-state index contributed by atoms with van der Waals surface area (Å²) in [6.45, 7) is 0. The Bertz CT molecular complexity index is 425. The first-order valence-electron chi connectivity index (χ1n) is 4.68. The largest absolute Gasteiger partial charge is 0.320 e. The lowest BCUT2D eigenvalue weighted by atomic mass is 10.0. The molecule has 15 heavy (non-hydrogen) atoms. The fraction of sp³-hybridized carbons (Fsp3) is 0.0833. The van der Waals surface area contributed by atoms with E-state index >= 15 is 0 Å². The number of pyridine rings is 1. The minimum Gasteiger partial charge on any atom is -0.320 e. The molecule has 0 bridgehead atoms. The average Bonchev–Trinajstić information content (AvgIpc) is 2.30. The second-order valence-electron chi connectivity index (χ2n) is 3.32. The predicted octanol–water partition coefficient (Wildman–Crippen LogP) is 2.27. The normalized spacial score (nSPS) is 12.4. The fourth-order valence-electron chi connectivity index (χ4n) is 1.42. The molecule has 0 spiro atoms. The summed E-state index contributed by atoms with van der Waals surface area (Å²) in [5.41, 5.74) is 7.80. The van der Waals surface area contributed by atoms with E-state index in [1.807, 2.05) is 12.1 Å². The van der Waals surface area contributed by atoms with Crippen molar-refractivity contribution in [1.29, 1.82) is 0 Å². The second kappa shape index (κ2) is 4.19. The van der Waals surface area contributed by atoms with Crippen LogP contribution in [0, 0.1) is 5.82 Å². The summed E-state index contributed by atoms with van der Waals surface area (Å²) in [5.74, 6) is -0.253. The summed E-state index contributed by atoms with van der Waals surface area (Å²) in [4.78, 5) is 3.99. The Balaban J connectivity index is 2.29. The van der Waals surface area contributed by atoms with E-state index < -0.39 is 0 Å². The van der Waals surface area contributed by atoms with E-state index in [9.17, 15) is 4.39 Å². The first-order valence-corrected chi connectivity index (χ1v) is 4.68. The van der Waals surface area contributed by atoms with Crippen molar-refractivity contribution in [3.63, 3.8) is 0 Å². The van der Waals surface area contributed by atoms with Gasteiger partial charge < -0.3 is 5.73 Å². The highest BCUT2D eigenvalue weighted by Gasteiger charge is 2.08. The zero-order chi connectivity index (χ0) is 10.7. The molecule has 2 N–H and O–H groups in total. The number of benzene rings is 1. The molecule has 0 radical (unpaired) electrons. The van der Waals surface area contributed by atoms with Crippen molar-refractivity contribution in [2.24, 2.45) is 5.73 Å². The Labute approximate surface area is 87.6 Å². The van der Waals surface area contributed by atoms with E-state index in [2.05, 4.69) is 4.98 Å². The average molecular weight is 202 g/mol. The topological polar surface area (TPSA) is 38.9 Å². The third kappa shape index (κ3) is 2.19. The molecule has 3 heteroatoms. The highest BCUT2D eigenvalue weighted by Crippen LogP contribution is 2.18. The predicted molar refractivity (Wildman–Crippen MR) is 56.7 cm³/mol. The van der Waals surface area contributed by atoms with Crippen molar-refractivity contribution < 1.29 is 4.39 Å². The minimum atomic E-state index is -0.253. The fourth-order valence-corrected chi connectivity index (χ4v) is 1.42. The maximum absolute atomic E-state index is 12.7. The van der Waals surface area contributed by atoms with Gasteiger partial charge in [0.25, 0.3) is 0 Å². The maximum atomic E-state index is 12.7.